The number of fused-ring (bicyclic) bond motifs is 1. The van der Waals surface area contributed by atoms with Crippen LogP contribution in [0.5, 0.6) is 0 Å². The quantitative estimate of drug-likeness (QED) is 0.915. The number of ether oxygens (including phenoxy) is 1. The van der Waals surface area contributed by atoms with Gasteiger partial charge in [-0.05, 0) is 49.6 Å². The van der Waals surface area contributed by atoms with E-state index in [1.807, 2.05) is 0 Å². The van der Waals surface area contributed by atoms with E-state index in [4.69, 9.17) is 10.5 Å². The van der Waals surface area contributed by atoms with Crippen molar-refractivity contribution in [3.63, 3.8) is 0 Å². The van der Waals surface area contributed by atoms with Crippen LogP contribution in [-0.4, -0.2) is 18.2 Å². The predicted molar refractivity (Wildman–Crippen MR) is 79.2 cm³/mol. The van der Waals surface area contributed by atoms with Crippen molar-refractivity contribution in [3.05, 3.63) is 35.2 Å². The van der Waals surface area contributed by atoms with Crippen LogP contribution in [0.4, 0.5) is 0 Å². The Morgan fingerprint density at radius 2 is 2.00 bits per heavy atom. The number of benzene rings is 1. The SMILES string of the molecule is CC(C)(C)OCC(N)Cc1csc2ccccc12. The van der Waals surface area contributed by atoms with Crippen LogP contribution in [0.2, 0.25) is 0 Å². The molecule has 0 saturated carbocycles. The second-order valence-electron chi connectivity index (χ2n) is 5.64. The summed E-state index contributed by atoms with van der Waals surface area (Å²) in [5.41, 5.74) is 7.36. The summed E-state index contributed by atoms with van der Waals surface area (Å²) in [6.45, 7) is 6.77. The Hall–Kier alpha value is -0.900. The molecule has 1 heterocycles. The van der Waals surface area contributed by atoms with Crippen LogP contribution in [0.15, 0.2) is 29.6 Å². The molecule has 0 aliphatic rings. The average Bonchev–Trinajstić information content (AvgIpc) is 2.70. The minimum Gasteiger partial charge on any atom is -0.374 e. The zero-order valence-corrected chi connectivity index (χ0v) is 12.1. The molecule has 2 nitrogen and oxygen atoms in total. The third-order valence-electron chi connectivity index (χ3n) is 2.77. The van der Waals surface area contributed by atoms with Crippen molar-refractivity contribution in [2.75, 3.05) is 6.61 Å². The van der Waals surface area contributed by atoms with Gasteiger partial charge in [0.2, 0.25) is 0 Å². The minimum absolute atomic E-state index is 0.0576. The van der Waals surface area contributed by atoms with E-state index in [-0.39, 0.29) is 11.6 Å². The molecule has 1 atom stereocenters. The molecule has 0 spiro atoms. The second-order valence-corrected chi connectivity index (χ2v) is 6.56. The van der Waals surface area contributed by atoms with Gasteiger partial charge in [-0.2, -0.15) is 0 Å². The summed E-state index contributed by atoms with van der Waals surface area (Å²) >= 11 is 1.78. The molecule has 3 heteroatoms. The summed E-state index contributed by atoms with van der Waals surface area (Å²) < 4.78 is 7.06. The van der Waals surface area contributed by atoms with Crippen LogP contribution in [0.25, 0.3) is 10.1 Å². The van der Waals surface area contributed by atoms with Gasteiger partial charge in [-0.1, -0.05) is 18.2 Å². The maximum Gasteiger partial charge on any atom is 0.0627 e. The Balaban J connectivity index is 2.01. The monoisotopic (exact) mass is 263 g/mol. The fourth-order valence-corrected chi connectivity index (χ4v) is 2.86. The van der Waals surface area contributed by atoms with E-state index in [2.05, 4.69) is 50.4 Å². The van der Waals surface area contributed by atoms with Crippen molar-refractivity contribution in [3.8, 4) is 0 Å². The Morgan fingerprint density at radius 1 is 1.28 bits per heavy atom. The van der Waals surface area contributed by atoms with Gasteiger partial charge in [-0.15, -0.1) is 11.3 Å². The smallest absolute Gasteiger partial charge is 0.0627 e. The van der Waals surface area contributed by atoms with Gasteiger partial charge < -0.3 is 10.5 Å². The topological polar surface area (TPSA) is 35.2 Å². The van der Waals surface area contributed by atoms with E-state index in [1.54, 1.807) is 11.3 Å². The van der Waals surface area contributed by atoms with Gasteiger partial charge in [0, 0.05) is 10.7 Å². The molecule has 0 aliphatic carbocycles. The Kier molecular flexibility index (Phi) is 4.05. The van der Waals surface area contributed by atoms with Crippen LogP contribution in [0.1, 0.15) is 26.3 Å². The molecule has 1 aromatic carbocycles. The summed E-state index contributed by atoms with van der Waals surface area (Å²) in [4.78, 5) is 0. The molecule has 98 valence electrons. The van der Waals surface area contributed by atoms with Gasteiger partial charge in [0.1, 0.15) is 0 Å². The summed E-state index contributed by atoms with van der Waals surface area (Å²) in [5.74, 6) is 0. The second kappa shape index (κ2) is 5.39. The lowest BCUT2D eigenvalue weighted by Gasteiger charge is -2.22. The maximum absolute atomic E-state index is 6.14. The van der Waals surface area contributed by atoms with Crippen LogP contribution in [0.3, 0.4) is 0 Å². The van der Waals surface area contributed by atoms with E-state index >= 15 is 0 Å². The highest BCUT2D eigenvalue weighted by molar-refractivity contribution is 7.17. The van der Waals surface area contributed by atoms with Crippen molar-refractivity contribution >= 4 is 21.4 Å². The van der Waals surface area contributed by atoms with Gasteiger partial charge in [-0.25, -0.2) is 0 Å². The summed E-state index contributed by atoms with van der Waals surface area (Å²) in [5, 5.41) is 3.54. The summed E-state index contributed by atoms with van der Waals surface area (Å²) in [6, 6.07) is 8.53. The Labute approximate surface area is 113 Å². The third-order valence-corrected chi connectivity index (χ3v) is 3.79. The van der Waals surface area contributed by atoms with Crippen molar-refractivity contribution in [2.45, 2.75) is 38.8 Å². The number of rotatable bonds is 4. The van der Waals surface area contributed by atoms with Crippen LogP contribution < -0.4 is 5.73 Å². The largest absolute Gasteiger partial charge is 0.374 e. The van der Waals surface area contributed by atoms with Crippen LogP contribution >= 0.6 is 11.3 Å². The molecular weight excluding hydrogens is 242 g/mol. The molecule has 18 heavy (non-hydrogen) atoms. The first kappa shape index (κ1) is 13.5. The predicted octanol–water partition coefficient (Wildman–Crippen LogP) is 3.59. The highest BCUT2D eigenvalue weighted by atomic mass is 32.1. The molecule has 0 bridgehead atoms. The lowest BCUT2D eigenvalue weighted by Crippen LogP contribution is -2.33. The lowest BCUT2D eigenvalue weighted by molar-refractivity contribution is -0.00979. The van der Waals surface area contributed by atoms with E-state index in [0.717, 1.165) is 6.42 Å². The normalized spacial score (nSPS) is 14.0. The molecule has 2 aromatic rings. The van der Waals surface area contributed by atoms with Crippen molar-refractivity contribution in [2.24, 2.45) is 5.73 Å². The van der Waals surface area contributed by atoms with Gasteiger partial charge in [0.05, 0.1) is 12.2 Å². The Morgan fingerprint density at radius 3 is 2.72 bits per heavy atom. The molecule has 1 unspecified atom stereocenters. The van der Waals surface area contributed by atoms with Crippen LogP contribution in [-0.2, 0) is 11.2 Å². The molecule has 0 aliphatic heterocycles. The first-order valence-corrected chi connectivity index (χ1v) is 7.18. The van der Waals surface area contributed by atoms with Gasteiger partial charge in [0.25, 0.3) is 0 Å². The van der Waals surface area contributed by atoms with Gasteiger partial charge in [0.15, 0.2) is 0 Å². The Bertz CT molecular complexity index is 512. The zero-order valence-electron chi connectivity index (χ0n) is 11.3. The van der Waals surface area contributed by atoms with E-state index < -0.39 is 0 Å². The van der Waals surface area contributed by atoms with Crippen molar-refractivity contribution in [1.29, 1.82) is 0 Å². The first-order chi connectivity index (χ1) is 8.46. The molecule has 0 radical (unpaired) electrons. The molecule has 0 amide bonds. The average molecular weight is 263 g/mol. The minimum atomic E-state index is -0.117. The molecule has 2 rings (SSSR count). The fourth-order valence-electron chi connectivity index (χ4n) is 1.89. The lowest BCUT2D eigenvalue weighted by atomic mass is 10.1. The summed E-state index contributed by atoms with van der Waals surface area (Å²) in [7, 11) is 0. The molecular formula is C15H21NOS. The standard InChI is InChI=1S/C15H21NOS/c1-15(2,3)17-9-12(16)8-11-10-18-14-7-5-4-6-13(11)14/h4-7,10,12H,8-9,16H2,1-3H3. The van der Waals surface area contributed by atoms with Crippen LogP contribution in [0, 0.1) is 0 Å². The third kappa shape index (κ3) is 3.55. The fraction of sp³-hybridized carbons (Fsp3) is 0.467. The first-order valence-electron chi connectivity index (χ1n) is 6.30. The number of hydrogen-bond donors (Lipinski definition) is 1. The van der Waals surface area contributed by atoms with Crippen molar-refractivity contribution < 1.29 is 4.74 Å². The summed E-state index contributed by atoms with van der Waals surface area (Å²) in [6.07, 6.45) is 0.875. The molecule has 2 N–H and O–H groups in total. The highest BCUT2D eigenvalue weighted by Crippen LogP contribution is 2.26. The highest BCUT2D eigenvalue weighted by Gasteiger charge is 2.14. The van der Waals surface area contributed by atoms with Gasteiger partial charge >= 0.3 is 0 Å². The maximum atomic E-state index is 6.14. The van der Waals surface area contributed by atoms with E-state index in [0.29, 0.717) is 6.61 Å². The van der Waals surface area contributed by atoms with E-state index in [1.165, 1.54) is 15.6 Å². The molecule has 1 aromatic heterocycles. The van der Waals surface area contributed by atoms with E-state index in [9.17, 15) is 0 Å². The van der Waals surface area contributed by atoms with Crippen molar-refractivity contribution in [1.82, 2.24) is 0 Å². The molecule has 0 saturated heterocycles. The van der Waals surface area contributed by atoms with Gasteiger partial charge in [-0.3, -0.25) is 0 Å². The molecule has 0 fully saturated rings. The number of nitrogens with two attached hydrogens (primary N) is 1. The zero-order chi connectivity index (χ0) is 13.2. The number of hydrogen-bond acceptors (Lipinski definition) is 3. The number of thiophene rings is 1.